The van der Waals surface area contributed by atoms with Gasteiger partial charge < -0.3 is 14.6 Å². The summed E-state index contributed by atoms with van der Waals surface area (Å²) in [6.07, 6.45) is -0.138. The van der Waals surface area contributed by atoms with Gasteiger partial charge in [-0.3, -0.25) is 0 Å². The molecule has 1 aliphatic heterocycles. The van der Waals surface area contributed by atoms with Gasteiger partial charge in [-0.25, -0.2) is 4.39 Å². The molecule has 0 spiro atoms. The van der Waals surface area contributed by atoms with Crippen LogP contribution < -0.4 is 9.47 Å². The van der Waals surface area contributed by atoms with Gasteiger partial charge >= 0.3 is 0 Å². The van der Waals surface area contributed by atoms with Gasteiger partial charge in [-0.1, -0.05) is 18.2 Å². The lowest BCUT2D eigenvalue weighted by molar-refractivity contribution is 0.0624. The standard InChI is InChI=1S/C17H17FO3/c1-20-16-7-6-13(18)9-14(16)17(19)12-8-11-4-2-3-5-15(11)21-10-12/h2-7,9,12,17,19H,8,10H2,1H3. The van der Waals surface area contributed by atoms with E-state index in [0.717, 1.165) is 11.3 Å². The molecule has 2 atom stereocenters. The van der Waals surface area contributed by atoms with Gasteiger partial charge in [0.05, 0.1) is 19.8 Å². The smallest absolute Gasteiger partial charge is 0.124 e. The van der Waals surface area contributed by atoms with Crippen molar-refractivity contribution in [1.82, 2.24) is 0 Å². The summed E-state index contributed by atoms with van der Waals surface area (Å²) >= 11 is 0. The second-order valence-corrected chi connectivity index (χ2v) is 5.21. The first-order chi connectivity index (χ1) is 10.2. The third kappa shape index (κ3) is 2.72. The zero-order valence-corrected chi connectivity index (χ0v) is 11.8. The fourth-order valence-electron chi connectivity index (χ4n) is 2.74. The Hall–Kier alpha value is -2.07. The van der Waals surface area contributed by atoms with Crippen molar-refractivity contribution < 1.29 is 19.0 Å². The van der Waals surface area contributed by atoms with Crippen molar-refractivity contribution >= 4 is 0 Å². The van der Waals surface area contributed by atoms with Gasteiger partial charge in [-0.15, -0.1) is 0 Å². The fourth-order valence-corrected chi connectivity index (χ4v) is 2.74. The van der Waals surface area contributed by atoms with Gasteiger partial charge in [0.25, 0.3) is 0 Å². The van der Waals surface area contributed by atoms with E-state index in [9.17, 15) is 9.50 Å². The van der Waals surface area contributed by atoms with E-state index in [0.29, 0.717) is 24.3 Å². The van der Waals surface area contributed by atoms with Crippen molar-refractivity contribution in [3.63, 3.8) is 0 Å². The van der Waals surface area contributed by atoms with E-state index >= 15 is 0 Å². The summed E-state index contributed by atoms with van der Waals surface area (Å²) < 4.78 is 24.4. The topological polar surface area (TPSA) is 38.7 Å². The highest BCUT2D eigenvalue weighted by Gasteiger charge is 2.29. The van der Waals surface area contributed by atoms with Crippen molar-refractivity contribution in [2.75, 3.05) is 13.7 Å². The molecule has 0 fully saturated rings. The van der Waals surface area contributed by atoms with E-state index in [-0.39, 0.29) is 11.7 Å². The van der Waals surface area contributed by atoms with Crippen molar-refractivity contribution in [2.45, 2.75) is 12.5 Å². The number of aliphatic hydroxyl groups is 1. The first-order valence-electron chi connectivity index (χ1n) is 6.91. The van der Waals surface area contributed by atoms with Crippen molar-refractivity contribution in [2.24, 2.45) is 5.92 Å². The van der Waals surface area contributed by atoms with Crippen LogP contribution in [0.1, 0.15) is 17.2 Å². The van der Waals surface area contributed by atoms with Crippen LogP contribution in [0.15, 0.2) is 42.5 Å². The van der Waals surface area contributed by atoms with E-state index in [1.54, 1.807) is 0 Å². The molecule has 1 N–H and O–H groups in total. The van der Waals surface area contributed by atoms with Gasteiger partial charge in [0, 0.05) is 11.5 Å². The Morgan fingerprint density at radius 2 is 2.10 bits per heavy atom. The molecule has 0 aromatic heterocycles. The summed E-state index contributed by atoms with van der Waals surface area (Å²) in [6, 6.07) is 11.9. The van der Waals surface area contributed by atoms with Crippen LogP contribution in [0.3, 0.4) is 0 Å². The number of methoxy groups -OCH3 is 1. The molecule has 0 radical (unpaired) electrons. The molecule has 0 bridgehead atoms. The van der Waals surface area contributed by atoms with Gasteiger partial charge in [-0.05, 0) is 36.2 Å². The second-order valence-electron chi connectivity index (χ2n) is 5.21. The normalized spacial score (nSPS) is 18.5. The molecular formula is C17H17FO3. The average Bonchev–Trinajstić information content (AvgIpc) is 2.53. The molecule has 2 unspecified atom stereocenters. The van der Waals surface area contributed by atoms with Gasteiger partial charge in [-0.2, -0.15) is 0 Å². The Bertz CT molecular complexity index is 642. The van der Waals surface area contributed by atoms with Crippen molar-refractivity contribution in [1.29, 1.82) is 0 Å². The fraction of sp³-hybridized carbons (Fsp3) is 0.294. The van der Waals surface area contributed by atoms with E-state index in [1.165, 1.54) is 25.3 Å². The third-order valence-electron chi connectivity index (χ3n) is 3.86. The second kappa shape index (κ2) is 5.74. The molecule has 0 saturated carbocycles. The minimum atomic E-state index is -0.830. The Balaban J connectivity index is 1.87. The van der Waals surface area contributed by atoms with Crippen LogP contribution in [0.25, 0.3) is 0 Å². The van der Waals surface area contributed by atoms with Crippen LogP contribution in [0.4, 0.5) is 4.39 Å². The number of hydrogen-bond donors (Lipinski definition) is 1. The lowest BCUT2D eigenvalue weighted by Gasteiger charge is -2.29. The molecule has 110 valence electrons. The zero-order valence-electron chi connectivity index (χ0n) is 11.8. The molecule has 2 aromatic carbocycles. The number of para-hydroxylation sites is 1. The highest BCUT2D eigenvalue weighted by atomic mass is 19.1. The number of aliphatic hydroxyl groups excluding tert-OH is 1. The van der Waals surface area contributed by atoms with Crippen molar-refractivity contribution in [3.8, 4) is 11.5 Å². The maximum Gasteiger partial charge on any atom is 0.124 e. The first kappa shape index (κ1) is 13.9. The molecule has 1 heterocycles. The predicted molar refractivity (Wildman–Crippen MR) is 77.0 cm³/mol. The quantitative estimate of drug-likeness (QED) is 0.943. The minimum Gasteiger partial charge on any atom is -0.496 e. The third-order valence-corrected chi connectivity index (χ3v) is 3.86. The van der Waals surface area contributed by atoms with Gasteiger partial charge in [0.15, 0.2) is 0 Å². The predicted octanol–water partition coefficient (Wildman–Crippen LogP) is 3.12. The first-order valence-corrected chi connectivity index (χ1v) is 6.91. The monoisotopic (exact) mass is 288 g/mol. The molecule has 3 nitrogen and oxygen atoms in total. The Labute approximate surface area is 122 Å². The number of hydrogen-bond acceptors (Lipinski definition) is 3. The summed E-state index contributed by atoms with van der Waals surface area (Å²) in [6.45, 7) is 0.401. The van der Waals surface area contributed by atoms with Crippen LogP contribution in [0, 0.1) is 11.7 Å². The largest absolute Gasteiger partial charge is 0.496 e. The van der Waals surface area contributed by atoms with Gasteiger partial charge in [0.1, 0.15) is 17.3 Å². The maximum atomic E-state index is 13.5. The molecular weight excluding hydrogens is 271 g/mol. The number of rotatable bonds is 3. The number of halogens is 1. The Kier molecular flexibility index (Phi) is 3.80. The number of ether oxygens (including phenoxy) is 2. The summed E-state index contributed by atoms with van der Waals surface area (Å²) in [5, 5.41) is 10.6. The SMILES string of the molecule is COc1ccc(F)cc1C(O)C1COc2ccccc2C1. The lowest BCUT2D eigenvalue weighted by Crippen LogP contribution is -2.27. The lowest BCUT2D eigenvalue weighted by atomic mass is 9.88. The summed E-state index contributed by atoms with van der Waals surface area (Å²) in [7, 11) is 1.51. The van der Waals surface area contributed by atoms with Crippen molar-refractivity contribution in [3.05, 3.63) is 59.4 Å². The molecule has 0 aliphatic carbocycles. The molecule has 4 heteroatoms. The van der Waals surface area contributed by atoms with Crippen LogP contribution in [0.2, 0.25) is 0 Å². The van der Waals surface area contributed by atoms with Crippen LogP contribution >= 0.6 is 0 Å². The highest BCUT2D eigenvalue weighted by molar-refractivity contribution is 5.38. The summed E-state index contributed by atoms with van der Waals surface area (Å²) in [4.78, 5) is 0. The van der Waals surface area contributed by atoms with E-state index in [2.05, 4.69) is 0 Å². The Morgan fingerprint density at radius 3 is 2.90 bits per heavy atom. The van der Waals surface area contributed by atoms with E-state index in [1.807, 2.05) is 24.3 Å². The van der Waals surface area contributed by atoms with Crippen LogP contribution in [-0.2, 0) is 6.42 Å². The van der Waals surface area contributed by atoms with Crippen LogP contribution in [0.5, 0.6) is 11.5 Å². The molecule has 21 heavy (non-hydrogen) atoms. The molecule has 3 rings (SSSR count). The van der Waals surface area contributed by atoms with E-state index < -0.39 is 6.10 Å². The molecule has 1 aliphatic rings. The Morgan fingerprint density at radius 1 is 1.29 bits per heavy atom. The number of fused-ring (bicyclic) bond motifs is 1. The molecule has 0 amide bonds. The molecule has 2 aromatic rings. The highest BCUT2D eigenvalue weighted by Crippen LogP contribution is 2.36. The average molecular weight is 288 g/mol. The number of benzene rings is 2. The minimum absolute atomic E-state index is 0.129. The summed E-state index contributed by atoms with van der Waals surface area (Å²) in [5.74, 6) is 0.826. The zero-order chi connectivity index (χ0) is 14.8. The maximum absolute atomic E-state index is 13.5. The van der Waals surface area contributed by atoms with E-state index in [4.69, 9.17) is 9.47 Å². The van der Waals surface area contributed by atoms with Crippen LogP contribution in [-0.4, -0.2) is 18.8 Å². The van der Waals surface area contributed by atoms with Gasteiger partial charge in [0.2, 0.25) is 0 Å². The molecule has 0 saturated heterocycles. The summed E-state index contributed by atoms with van der Waals surface area (Å²) in [5.41, 5.74) is 1.52.